The van der Waals surface area contributed by atoms with E-state index in [1.165, 1.54) is 19.9 Å². The molecular formula is C20H23F3N2O5. The second-order valence-corrected chi connectivity index (χ2v) is 6.83. The smallest absolute Gasteiger partial charge is 0.406 e. The molecule has 10 heteroatoms. The lowest BCUT2D eigenvalue weighted by Gasteiger charge is -2.12. The fraction of sp³-hybridized carbons (Fsp3) is 0.450. The molecule has 0 aliphatic rings. The summed E-state index contributed by atoms with van der Waals surface area (Å²) in [5.41, 5.74) is 1.39. The van der Waals surface area contributed by atoms with Crippen LogP contribution in [0.5, 0.6) is 0 Å². The molecule has 164 valence electrons. The van der Waals surface area contributed by atoms with Crippen LogP contribution < -0.4 is 0 Å². The number of nitrogens with one attached hydrogen (secondary N) is 1. The number of aryl methyl sites for hydroxylation is 2. The molecule has 0 bridgehead atoms. The molecule has 0 saturated carbocycles. The molecular weight excluding hydrogens is 405 g/mol. The molecule has 2 aromatic heterocycles. The van der Waals surface area contributed by atoms with Gasteiger partial charge in [0.2, 0.25) is 5.78 Å². The normalized spacial score (nSPS) is 11.5. The van der Waals surface area contributed by atoms with Gasteiger partial charge in [0.15, 0.2) is 6.61 Å². The highest BCUT2D eigenvalue weighted by Crippen LogP contribution is 2.24. The molecule has 0 aliphatic carbocycles. The Bertz CT molecular complexity index is 986. The van der Waals surface area contributed by atoms with Gasteiger partial charge < -0.3 is 19.0 Å². The van der Waals surface area contributed by atoms with E-state index in [2.05, 4.69) is 4.98 Å². The molecule has 0 atom stereocenters. The number of hydrogen-bond donors (Lipinski definition) is 1. The number of aromatic nitrogens is 2. The Hall–Kier alpha value is -3.04. The van der Waals surface area contributed by atoms with Gasteiger partial charge in [0.05, 0.1) is 12.2 Å². The van der Waals surface area contributed by atoms with Gasteiger partial charge in [-0.25, -0.2) is 9.59 Å². The molecule has 0 spiro atoms. The molecule has 0 aliphatic heterocycles. The summed E-state index contributed by atoms with van der Waals surface area (Å²) in [6.07, 6.45) is -4.43. The Morgan fingerprint density at radius 2 is 1.70 bits per heavy atom. The van der Waals surface area contributed by atoms with Gasteiger partial charge in [0, 0.05) is 22.6 Å². The Morgan fingerprint density at radius 3 is 2.27 bits per heavy atom. The SMILES string of the molecule is CCOC(=O)c1[nH]c(C)c(C(=O)OCC(=O)c2cc(C)n(CC(F)(F)F)c2C)c1C. The first-order valence-electron chi connectivity index (χ1n) is 9.17. The van der Waals surface area contributed by atoms with Crippen LogP contribution in [0.3, 0.4) is 0 Å². The van der Waals surface area contributed by atoms with Crippen molar-refractivity contribution in [3.8, 4) is 0 Å². The van der Waals surface area contributed by atoms with Crippen LogP contribution in [0.15, 0.2) is 6.07 Å². The summed E-state index contributed by atoms with van der Waals surface area (Å²) in [5, 5.41) is 0. The van der Waals surface area contributed by atoms with Crippen LogP contribution in [0.25, 0.3) is 0 Å². The van der Waals surface area contributed by atoms with E-state index >= 15 is 0 Å². The minimum absolute atomic E-state index is 0.0549. The topological polar surface area (TPSA) is 90.4 Å². The summed E-state index contributed by atoms with van der Waals surface area (Å²) in [5.74, 6) is -2.07. The van der Waals surface area contributed by atoms with Crippen molar-refractivity contribution in [1.29, 1.82) is 0 Å². The van der Waals surface area contributed by atoms with Crippen molar-refractivity contribution in [2.75, 3.05) is 13.2 Å². The van der Waals surface area contributed by atoms with Gasteiger partial charge in [-0.1, -0.05) is 0 Å². The standard InChI is InChI=1S/C20H23F3N2O5/c1-6-29-19(28)17-11(3)16(12(4)24-17)18(27)30-8-15(26)14-7-10(2)25(13(14)5)9-20(21,22)23/h7,24H,6,8-9H2,1-5H3. The quantitative estimate of drug-likeness (QED) is 0.535. The van der Waals surface area contributed by atoms with E-state index in [1.807, 2.05) is 0 Å². The van der Waals surface area contributed by atoms with Crippen LogP contribution >= 0.6 is 0 Å². The highest BCUT2D eigenvalue weighted by molar-refractivity contribution is 6.02. The minimum Gasteiger partial charge on any atom is -0.461 e. The average molecular weight is 428 g/mol. The van der Waals surface area contributed by atoms with Crippen LogP contribution in [-0.4, -0.2) is 46.7 Å². The van der Waals surface area contributed by atoms with E-state index in [4.69, 9.17) is 9.47 Å². The number of esters is 2. The second kappa shape index (κ2) is 8.76. The summed E-state index contributed by atoms with van der Waals surface area (Å²) < 4.78 is 49.1. The summed E-state index contributed by atoms with van der Waals surface area (Å²) >= 11 is 0. The van der Waals surface area contributed by atoms with E-state index in [9.17, 15) is 27.6 Å². The Kier molecular flexibility index (Phi) is 6.79. The Morgan fingerprint density at radius 1 is 1.07 bits per heavy atom. The van der Waals surface area contributed by atoms with Gasteiger partial charge >= 0.3 is 18.1 Å². The summed E-state index contributed by atoms with van der Waals surface area (Å²) in [7, 11) is 0. The van der Waals surface area contributed by atoms with E-state index in [1.54, 1.807) is 20.8 Å². The number of ether oxygens (including phenoxy) is 2. The van der Waals surface area contributed by atoms with Gasteiger partial charge in [-0.3, -0.25) is 4.79 Å². The van der Waals surface area contributed by atoms with Gasteiger partial charge in [-0.15, -0.1) is 0 Å². The maximum atomic E-state index is 12.7. The third-order valence-electron chi connectivity index (χ3n) is 4.67. The number of nitrogens with zero attached hydrogens (tertiary/aromatic N) is 1. The first-order chi connectivity index (χ1) is 13.9. The number of hydrogen-bond acceptors (Lipinski definition) is 5. The maximum Gasteiger partial charge on any atom is 0.406 e. The summed E-state index contributed by atoms with van der Waals surface area (Å²) in [6, 6.07) is 1.34. The Balaban J connectivity index is 2.15. The fourth-order valence-electron chi connectivity index (χ4n) is 3.25. The predicted molar refractivity (Wildman–Crippen MR) is 101 cm³/mol. The number of carbonyl (C=O) groups excluding carboxylic acids is 3. The van der Waals surface area contributed by atoms with E-state index in [-0.39, 0.29) is 34.8 Å². The van der Waals surface area contributed by atoms with E-state index in [0.29, 0.717) is 11.3 Å². The predicted octanol–water partition coefficient (Wildman–Crippen LogP) is 3.83. The van der Waals surface area contributed by atoms with Crippen LogP contribution in [0, 0.1) is 27.7 Å². The lowest BCUT2D eigenvalue weighted by Crippen LogP contribution is -2.20. The highest BCUT2D eigenvalue weighted by Gasteiger charge is 2.30. The molecule has 0 fully saturated rings. The van der Waals surface area contributed by atoms with Crippen LogP contribution in [0.2, 0.25) is 0 Å². The van der Waals surface area contributed by atoms with Crippen molar-refractivity contribution in [2.45, 2.75) is 47.3 Å². The fourth-order valence-corrected chi connectivity index (χ4v) is 3.25. The maximum absolute atomic E-state index is 12.7. The molecule has 0 radical (unpaired) electrons. The van der Waals surface area contributed by atoms with Crippen molar-refractivity contribution in [3.05, 3.63) is 45.5 Å². The third kappa shape index (κ3) is 4.92. The lowest BCUT2D eigenvalue weighted by atomic mass is 10.1. The number of alkyl halides is 3. The number of halogens is 3. The molecule has 2 aromatic rings. The largest absolute Gasteiger partial charge is 0.461 e. The highest BCUT2D eigenvalue weighted by atomic mass is 19.4. The Labute approximate surface area is 171 Å². The van der Waals surface area contributed by atoms with Crippen LogP contribution in [-0.2, 0) is 16.0 Å². The summed E-state index contributed by atoms with van der Waals surface area (Å²) in [6.45, 7) is 5.93. The average Bonchev–Trinajstić information content (AvgIpc) is 3.08. The number of ketones is 1. The first kappa shape index (κ1) is 23.2. The number of carbonyl (C=O) groups is 3. The van der Waals surface area contributed by atoms with Crippen LogP contribution in [0.1, 0.15) is 60.8 Å². The van der Waals surface area contributed by atoms with Gasteiger partial charge in [-0.2, -0.15) is 13.2 Å². The molecule has 0 aromatic carbocycles. The molecule has 0 saturated heterocycles. The molecule has 2 rings (SSSR count). The summed E-state index contributed by atoms with van der Waals surface area (Å²) in [4.78, 5) is 39.6. The number of aromatic amines is 1. The molecule has 30 heavy (non-hydrogen) atoms. The number of Topliss-reactive ketones (excluding diaryl/α,β-unsaturated/α-hetero) is 1. The first-order valence-corrected chi connectivity index (χ1v) is 9.17. The van der Waals surface area contributed by atoms with Gasteiger partial charge in [0.1, 0.15) is 12.2 Å². The van der Waals surface area contributed by atoms with Crippen molar-refractivity contribution < 1.29 is 37.0 Å². The van der Waals surface area contributed by atoms with Crippen molar-refractivity contribution in [2.24, 2.45) is 0 Å². The molecule has 7 nitrogen and oxygen atoms in total. The second-order valence-electron chi connectivity index (χ2n) is 6.83. The van der Waals surface area contributed by atoms with Crippen LogP contribution in [0.4, 0.5) is 13.2 Å². The molecule has 0 unspecified atom stereocenters. The van der Waals surface area contributed by atoms with Crippen molar-refractivity contribution in [1.82, 2.24) is 9.55 Å². The monoisotopic (exact) mass is 428 g/mol. The van der Waals surface area contributed by atoms with Gasteiger partial charge in [0.25, 0.3) is 0 Å². The lowest BCUT2D eigenvalue weighted by molar-refractivity contribution is -0.141. The molecule has 2 heterocycles. The molecule has 0 amide bonds. The zero-order chi connectivity index (χ0) is 22.8. The van der Waals surface area contributed by atoms with Crippen molar-refractivity contribution >= 4 is 17.7 Å². The zero-order valence-corrected chi connectivity index (χ0v) is 17.3. The molecule has 1 N–H and O–H groups in total. The van der Waals surface area contributed by atoms with E-state index < -0.39 is 37.0 Å². The number of H-pyrrole nitrogens is 1. The van der Waals surface area contributed by atoms with Crippen molar-refractivity contribution in [3.63, 3.8) is 0 Å². The van der Waals surface area contributed by atoms with E-state index in [0.717, 1.165) is 4.57 Å². The van der Waals surface area contributed by atoms with Gasteiger partial charge in [-0.05, 0) is 46.2 Å². The number of rotatable bonds is 7. The zero-order valence-electron chi connectivity index (χ0n) is 17.3. The third-order valence-corrected chi connectivity index (χ3v) is 4.67. The minimum atomic E-state index is -4.43.